The first kappa shape index (κ1) is 22.4. The molecule has 1 aromatic carbocycles. The Morgan fingerprint density at radius 3 is 2.71 bits per heavy atom. The van der Waals surface area contributed by atoms with E-state index in [0.717, 1.165) is 41.9 Å². The van der Waals surface area contributed by atoms with Gasteiger partial charge in [0.2, 0.25) is 5.91 Å². The van der Waals surface area contributed by atoms with Crippen LogP contribution in [0.4, 0.5) is 4.79 Å². The van der Waals surface area contributed by atoms with Crippen LogP contribution in [0.1, 0.15) is 39.5 Å². The number of amides is 3. The highest BCUT2D eigenvalue weighted by atomic mass is 79.9. The van der Waals surface area contributed by atoms with Crippen LogP contribution in [0.5, 0.6) is 0 Å². The quantitative estimate of drug-likeness (QED) is 0.332. The summed E-state index contributed by atoms with van der Waals surface area (Å²) in [5.41, 5.74) is 0.467. The molecule has 0 radical (unpaired) electrons. The fourth-order valence-corrected chi connectivity index (χ4v) is 3.76. The third-order valence-electron chi connectivity index (χ3n) is 3.99. The van der Waals surface area contributed by atoms with Gasteiger partial charge in [-0.1, -0.05) is 54.4 Å². The number of aromatic nitrogens is 2. The summed E-state index contributed by atoms with van der Waals surface area (Å²) in [5.74, 6) is -0.425. The van der Waals surface area contributed by atoms with E-state index in [1.165, 1.54) is 0 Å². The summed E-state index contributed by atoms with van der Waals surface area (Å²) in [7, 11) is 0. The molecule has 28 heavy (non-hydrogen) atoms. The first-order valence-corrected chi connectivity index (χ1v) is 11.1. The van der Waals surface area contributed by atoms with Crippen molar-refractivity contribution in [1.82, 2.24) is 20.2 Å². The minimum absolute atomic E-state index is 0.00178. The average Bonchev–Trinajstić information content (AvgIpc) is 2.67. The molecule has 0 aliphatic heterocycles. The molecule has 1 aromatic heterocycles. The first-order valence-electron chi connectivity index (χ1n) is 9.36. The molecule has 9 heteroatoms. The number of fused-ring (bicyclic) bond motifs is 1. The van der Waals surface area contributed by atoms with Gasteiger partial charge in [0, 0.05) is 17.6 Å². The molecule has 3 amide bonds. The number of benzene rings is 1. The van der Waals surface area contributed by atoms with Crippen LogP contribution in [-0.4, -0.2) is 33.8 Å². The van der Waals surface area contributed by atoms with Crippen molar-refractivity contribution in [2.24, 2.45) is 0 Å². The molecular weight excluding hydrogens is 444 g/mol. The number of halogens is 1. The van der Waals surface area contributed by atoms with Crippen molar-refractivity contribution in [3.8, 4) is 0 Å². The molecule has 0 aliphatic rings. The van der Waals surface area contributed by atoms with E-state index in [4.69, 9.17) is 0 Å². The number of rotatable bonds is 9. The molecular formula is C19H25BrN4O3S. The minimum Gasteiger partial charge on any atom is -0.338 e. The van der Waals surface area contributed by atoms with E-state index < -0.39 is 11.9 Å². The summed E-state index contributed by atoms with van der Waals surface area (Å²) >= 11 is 4.55. The van der Waals surface area contributed by atoms with E-state index in [0.29, 0.717) is 29.1 Å². The Hall–Kier alpha value is -1.87. The van der Waals surface area contributed by atoms with Gasteiger partial charge in [0.25, 0.3) is 5.56 Å². The van der Waals surface area contributed by atoms with Gasteiger partial charge in [0.1, 0.15) is 0 Å². The molecule has 2 N–H and O–H groups in total. The Bertz CT molecular complexity index is 901. The highest BCUT2D eigenvalue weighted by Crippen LogP contribution is 2.21. The number of urea groups is 1. The van der Waals surface area contributed by atoms with Crippen LogP contribution < -0.4 is 16.2 Å². The Labute approximate surface area is 176 Å². The second-order valence-electron chi connectivity index (χ2n) is 6.31. The molecule has 7 nitrogen and oxygen atoms in total. The maximum atomic E-state index is 13.0. The molecule has 0 bridgehead atoms. The van der Waals surface area contributed by atoms with Gasteiger partial charge in [-0.15, -0.1) is 0 Å². The lowest BCUT2D eigenvalue weighted by atomic mass is 10.2. The van der Waals surface area contributed by atoms with Crippen LogP contribution in [0, 0.1) is 0 Å². The molecule has 0 unspecified atom stereocenters. The summed E-state index contributed by atoms with van der Waals surface area (Å²) in [6.45, 7) is 5.08. The smallest absolute Gasteiger partial charge is 0.321 e. The van der Waals surface area contributed by atoms with Crippen molar-refractivity contribution in [3.05, 3.63) is 33.0 Å². The predicted octanol–water partition coefficient (Wildman–Crippen LogP) is 3.68. The number of nitrogens with zero attached hydrogens (tertiary/aromatic N) is 2. The third kappa shape index (κ3) is 6.34. The van der Waals surface area contributed by atoms with E-state index in [2.05, 4.69) is 38.5 Å². The maximum Gasteiger partial charge on any atom is 0.321 e. The summed E-state index contributed by atoms with van der Waals surface area (Å²) in [6.07, 6.45) is 3.69. The van der Waals surface area contributed by atoms with Gasteiger partial charge in [-0.3, -0.25) is 19.5 Å². The summed E-state index contributed by atoms with van der Waals surface area (Å²) in [5, 5.41) is 5.90. The van der Waals surface area contributed by atoms with E-state index in [-0.39, 0.29) is 11.3 Å². The largest absolute Gasteiger partial charge is 0.338 e. The molecule has 0 aliphatic carbocycles. The Morgan fingerprint density at radius 2 is 2.00 bits per heavy atom. The number of hydrogen-bond donors (Lipinski definition) is 2. The van der Waals surface area contributed by atoms with E-state index in [1.54, 1.807) is 16.7 Å². The highest BCUT2D eigenvalue weighted by Gasteiger charge is 2.14. The number of imide groups is 1. The number of hydrogen-bond acceptors (Lipinski definition) is 5. The van der Waals surface area contributed by atoms with Gasteiger partial charge < -0.3 is 5.32 Å². The lowest BCUT2D eigenvalue weighted by Gasteiger charge is -2.13. The van der Waals surface area contributed by atoms with E-state index in [1.807, 2.05) is 13.0 Å². The SMILES string of the molecule is CCCCCn1c(SCC(=O)NC(=O)NCCC)nc2ccc(Br)cc2c1=O. The molecule has 0 saturated heterocycles. The van der Waals surface area contributed by atoms with Crippen LogP contribution >= 0.6 is 27.7 Å². The van der Waals surface area contributed by atoms with Crippen molar-refractivity contribution in [3.63, 3.8) is 0 Å². The molecule has 0 fully saturated rings. The highest BCUT2D eigenvalue weighted by molar-refractivity contribution is 9.10. The summed E-state index contributed by atoms with van der Waals surface area (Å²) < 4.78 is 2.44. The van der Waals surface area contributed by atoms with E-state index in [9.17, 15) is 14.4 Å². The van der Waals surface area contributed by atoms with Crippen molar-refractivity contribution >= 4 is 50.5 Å². The van der Waals surface area contributed by atoms with Gasteiger partial charge in [-0.25, -0.2) is 9.78 Å². The summed E-state index contributed by atoms with van der Waals surface area (Å²) in [4.78, 5) is 41.2. The summed E-state index contributed by atoms with van der Waals surface area (Å²) in [6, 6.07) is 4.86. The molecule has 0 atom stereocenters. The number of nitrogens with one attached hydrogen (secondary N) is 2. The van der Waals surface area contributed by atoms with E-state index >= 15 is 0 Å². The van der Waals surface area contributed by atoms with Gasteiger partial charge >= 0.3 is 6.03 Å². The lowest BCUT2D eigenvalue weighted by molar-refractivity contribution is -0.117. The molecule has 0 spiro atoms. The molecule has 2 rings (SSSR count). The van der Waals surface area contributed by atoms with Crippen molar-refractivity contribution in [1.29, 1.82) is 0 Å². The zero-order chi connectivity index (χ0) is 20.5. The topological polar surface area (TPSA) is 93.1 Å². The first-order chi connectivity index (χ1) is 13.5. The fraction of sp³-hybridized carbons (Fsp3) is 0.474. The zero-order valence-electron chi connectivity index (χ0n) is 16.1. The number of thioether (sulfide) groups is 1. The molecule has 1 heterocycles. The van der Waals surface area contributed by atoms with Gasteiger partial charge in [-0.05, 0) is 31.0 Å². The van der Waals surface area contributed by atoms with Crippen LogP contribution in [0.25, 0.3) is 10.9 Å². The predicted molar refractivity (Wildman–Crippen MR) is 116 cm³/mol. The normalized spacial score (nSPS) is 10.8. The molecule has 152 valence electrons. The number of carbonyl (C=O) groups excluding carboxylic acids is 2. The number of unbranched alkanes of at least 4 members (excludes halogenated alkanes) is 2. The standard InChI is InChI=1S/C19H25BrN4O3S/c1-3-5-6-10-24-17(26)14-11-13(20)7-8-15(14)22-19(24)28-12-16(25)23-18(27)21-9-4-2/h7-8,11H,3-6,9-10,12H2,1-2H3,(H2,21,23,25,27). The fourth-order valence-electron chi connectivity index (χ4n) is 2.58. The Kier molecular flexibility index (Phi) is 8.98. The Balaban J connectivity index is 2.20. The average molecular weight is 469 g/mol. The van der Waals surface area contributed by atoms with Crippen LogP contribution in [0.3, 0.4) is 0 Å². The minimum atomic E-state index is -0.510. The molecule has 2 aromatic rings. The maximum absolute atomic E-state index is 13.0. The van der Waals surface area contributed by atoms with Crippen LogP contribution in [0.2, 0.25) is 0 Å². The third-order valence-corrected chi connectivity index (χ3v) is 5.46. The lowest BCUT2D eigenvalue weighted by Crippen LogP contribution is -2.40. The molecule has 0 saturated carbocycles. The second kappa shape index (κ2) is 11.2. The zero-order valence-corrected chi connectivity index (χ0v) is 18.5. The van der Waals surface area contributed by atoms with Gasteiger partial charge in [0.15, 0.2) is 5.16 Å². The van der Waals surface area contributed by atoms with Crippen LogP contribution in [0.15, 0.2) is 32.6 Å². The van der Waals surface area contributed by atoms with Crippen molar-refractivity contribution < 1.29 is 9.59 Å². The second-order valence-corrected chi connectivity index (χ2v) is 8.17. The van der Waals surface area contributed by atoms with Crippen molar-refractivity contribution in [2.45, 2.75) is 51.2 Å². The van der Waals surface area contributed by atoms with Gasteiger partial charge in [0.05, 0.1) is 16.7 Å². The van der Waals surface area contributed by atoms with Gasteiger partial charge in [-0.2, -0.15) is 0 Å². The Morgan fingerprint density at radius 1 is 1.21 bits per heavy atom. The van der Waals surface area contributed by atoms with Crippen molar-refractivity contribution in [2.75, 3.05) is 12.3 Å². The monoisotopic (exact) mass is 468 g/mol. The number of carbonyl (C=O) groups is 2. The van der Waals surface area contributed by atoms with Crippen LogP contribution in [-0.2, 0) is 11.3 Å².